The van der Waals surface area contributed by atoms with Gasteiger partial charge in [0.25, 0.3) is 0 Å². The summed E-state index contributed by atoms with van der Waals surface area (Å²) in [7, 11) is 0.0129. The Balaban J connectivity index is 2.77. The highest BCUT2D eigenvalue weighted by Crippen LogP contribution is 2.07. The van der Waals surface area contributed by atoms with E-state index in [0.717, 1.165) is 10.9 Å². The van der Waals surface area contributed by atoms with E-state index >= 15 is 0 Å². The van der Waals surface area contributed by atoms with Crippen LogP contribution in [0.2, 0.25) is 0 Å². The molecule has 0 aliphatic heterocycles. The van der Waals surface area contributed by atoms with Gasteiger partial charge in [-0.15, -0.1) is 0 Å². The number of carboxylic acids is 1. The Kier molecular flexibility index (Phi) is 5.04. The smallest absolute Gasteiger partial charge is 0.325 e. The summed E-state index contributed by atoms with van der Waals surface area (Å²) in [5.41, 5.74) is 0. The van der Waals surface area contributed by atoms with Gasteiger partial charge in [-0.25, -0.2) is 13.1 Å². The van der Waals surface area contributed by atoms with E-state index < -0.39 is 16.0 Å². The molecule has 0 aromatic carbocycles. The van der Waals surface area contributed by atoms with Gasteiger partial charge < -0.3 is 10.0 Å². The summed E-state index contributed by atoms with van der Waals surface area (Å²) in [5.74, 6) is -1.08. The van der Waals surface area contributed by atoms with Gasteiger partial charge in [-0.1, -0.05) is 0 Å². The molecule has 1 heterocycles. The molecule has 0 fully saturated rings. The van der Waals surface area contributed by atoms with Crippen molar-refractivity contribution >= 4 is 16.0 Å². The minimum atomic E-state index is -3.67. The first-order valence-electron chi connectivity index (χ1n) is 5.62. The van der Waals surface area contributed by atoms with Crippen LogP contribution in [0.5, 0.6) is 0 Å². The number of nitrogens with one attached hydrogen (secondary N) is 1. The van der Waals surface area contributed by atoms with Crippen LogP contribution in [0.3, 0.4) is 0 Å². The molecule has 1 unspecified atom stereocenters. The number of carbonyl (C=O) groups is 1. The summed E-state index contributed by atoms with van der Waals surface area (Å²) < 4.78 is 27.5. The second-order valence-electron chi connectivity index (χ2n) is 4.55. The second kappa shape index (κ2) is 6.13. The van der Waals surface area contributed by atoms with Gasteiger partial charge in [0.1, 0.15) is 11.4 Å². The van der Waals surface area contributed by atoms with Gasteiger partial charge in [-0.3, -0.25) is 9.48 Å². The lowest BCUT2D eigenvalue weighted by molar-refractivity contribution is -0.137. The zero-order valence-electron chi connectivity index (χ0n) is 11.1. The Labute approximate surface area is 112 Å². The van der Waals surface area contributed by atoms with E-state index in [-0.39, 0.29) is 17.5 Å². The number of aliphatic carboxylic acids is 1. The predicted octanol–water partition coefficient (Wildman–Crippen LogP) is -0.804. The topological polar surface area (TPSA) is 105 Å². The summed E-state index contributed by atoms with van der Waals surface area (Å²) in [6.45, 7) is 1.94. The van der Waals surface area contributed by atoms with Crippen LogP contribution in [0, 0.1) is 0 Å². The van der Waals surface area contributed by atoms with Crippen molar-refractivity contribution in [3.05, 3.63) is 12.4 Å². The zero-order valence-corrected chi connectivity index (χ0v) is 11.9. The molecule has 0 bridgehead atoms. The Hall–Kier alpha value is -1.45. The predicted molar refractivity (Wildman–Crippen MR) is 68.2 cm³/mol. The van der Waals surface area contributed by atoms with Gasteiger partial charge in [0.2, 0.25) is 10.0 Å². The highest BCUT2D eigenvalue weighted by Gasteiger charge is 2.20. The lowest BCUT2D eigenvalue weighted by Gasteiger charge is -2.17. The van der Waals surface area contributed by atoms with Crippen molar-refractivity contribution in [3.63, 3.8) is 0 Å². The van der Waals surface area contributed by atoms with Crippen LogP contribution in [-0.4, -0.2) is 60.9 Å². The first kappa shape index (κ1) is 15.6. The van der Waals surface area contributed by atoms with Gasteiger partial charge in [0.05, 0.1) is 6.20 Å². The summed E-state index contributed by atoms with van der Waals surface area (Å²) in [5, 5.41) is 12.3. The average Bonchev–Trinajstić information content (AvgIpc) is 2.62. The maximum absolute atomic E-state index is 12.0. The maximum atomic E-state index is 12.0. The van der Waals surface area contributed by atoms with E-state index in [9.17, 15) is 13.2 Å². The molecule has 2 N–H and O–H groups in total. The highest BCUT2D eigenvalue weighted by atomic mass is 32.2. The molecule has 9 heteroatoms. The first-order chi connectivity index (χ1) is 8.70. The first-order valence-corrected chi connectivity index (χ1v) is 7.10. The Bertz CT molecular complexity index is 537. The molecule has 1 aromatic rings. The number of likely N-dealkylation sites (N-methyl/N-ethyl adjacent to an activating group) is 1. The molecule has 0 saturated carbocycles. The fourth-order valence-corrected chi connectivity index (χ4v) is 2.81. The Morgan fingerprint density at radius 1 is 1.58 bits per heavy atom. The molecule has 108 valence electrons. The standard InChI is InChI=1S/C10H18N4O4S/c1-8(5-13(2)3)12-19(17,18)9-4-11-14(6-9)7-10(15)16/h4,6,8,12H,5,7H2,1-3H3,(H,15,16). The maximum Gasteiger partial charge on any atom is 0.325 e. The normalized spacial score (nSPS) is 13.7. The van der Waals surface area contributed by atoms with Crippen LogP contribution in [0.15, 0.2) is 17.3 Å². The molecule has 8 nitrogen and oxygen atoms in total. The monoisotopic (exact) mass is 290 g/mol. The number of rotatable bonds is 7. The Morgan fingerprint density at radius 2 is 2.21 bits per heavy atom. The number of hydrogen-bond donors (Lipinski definition) is 2. The summed E-state index contributed by atoms with van der Waals surface area (Å²) >= 11 is 0. The third kappa shape index (κ3) is 4.97. The molecule has 19 heavy (non-hydrogen) atoms. The fourth-order valence-electron chi connectivity index (χ4n) is 1.63. The fraction of sp³-hybridized carbons (Fsp3) is 0.600. The van der Waals surface area contributed by atoms with Crippen LogP contribution in [0.25, 0.3) is 0 Å². The van der Waals surface area contributed by atoms with Gasteiger partial charge in [-0.05, 0) is 21.0 Å². The van der Waals surface area contributed by atoms with E-state index in [2.05, 4.69) is 9.82 Å². The largest absolute Gasteiger partial charge is 0.480 e. The second-order valence-corrected chi connectivity index (χ2v) is 6.27. The van der Waals surface area contributed by atoms with Crippen molar-refractivity contribution in [1.82, 2.24) is 19.4 Å². The minimum Gasteiger partial charge on any atom is -0.480 e. The molecule has 1 atom stereocenters. The molecule has 0 spiro atoms. The van der Waals surface area contributed by atoms with Gasteiger partial charge in [0, 0.05) is 18.8 Å². The van der Waals surface area contributed by atoms with E-state index in [1.165, 1.54) is 6.20 Å². The molecule has 0 amide bonds. The lowest BCUT2D eigenvalue weighted by atomic mass is 10.3. The molecule has 1 aromatic heterocycles. The van der Waals surface area contributed by atoms with Crippen LogP contribution in [0.1, 0.15) is 6.92 Å². The molecular formula is C10H18N4O4S. The minimum absolute atomic E-state index is 0.0423. The molecule has 0 radical (unpaired) electrons. The lowest BCUT2D eigenvalue weighted by Crippen LogP contribution is -2.39. The highest BCUT2D eigenvalue weighted by molar-refractivity contribution is 7.89. The molecule has 0 aliphatic carbocycles. The van der Waals surface area contributed by atoms with Crippen molar-refractivity contribution in [2.75, 3.05) is 20.6 Å². The van der Waals surface area contributed by atoms with E-state index in [1.807, 2.05) is 19.0 Å². The van der Waals surface area contributed by atoms with Crippen molar-refractivity contribution in [2.45, 2.75) is 24.4 Å². The SMILES string of the molecule is CC(CN(C)C)NS(=O)(=O)c1cnn(CC(=O)O)c1. The van der Waals surface area contributed by atoms with Crippen LogP contribution in [-0.2, 0) is 21.4 Å². The number of hydrogen-bond acceptors (Lipinski definition) is 5. The molecule has 1 rings (SSSR count). The zero-order chi connectivity index (χ0) is 14.6. The third-order valence-corrected chi connectivity index (χ3v) is 3.76. The van der Waals surface area contributed by atoms with E-state index in [4.69, 9.17) is 5.11 Å². The quantitative estimate of drug-likeness (QED) is 0.681. The summed E-state index contributed by atoms with van der Waals surface area (Å²) in [6, 6.07) is -0.261. The average molecular weight is 290 g/mol. The van der Waals surface area contributed by atoms with Crippen LogP contribution >= 0.6 is 0 Å². The Morgan fingerprint density at radius 3 is 2.74 bits per heavy atom. The number of sulfonamides is 1. The molecule has 0 saturated heterocycles. The van der Waals surface area contributed by atoms with Crippen molar-refractivity contribution in [3.8, 4) is 0 Å². The van der Waals surface area contributed by atoms with Gasteiger partial charge in [-0.2, -0.15) is 5.10 Å². The van der Waals surface area contributed by atoms with Crippen LogP contribution in [0.4, 0.5) is 0 Å². The third-order valence-electron chi connectivity index (χ3n) is 2.21. The van der Waals surface area contributed by atoms with Crippen molar-refractivity contribution < 1.29 is 18.3 Å². The van der Waals surface area contributed by atoms with Crippen molar-refractivity contribution in [2.24, 2.45) is 0 Å². The van der Waals surface area contributed by atoms with E-state index in [1.54, 1.807) is 6.92 Å². The van der Waals surface area contributed by atoms with Gasteiger partial charge in [0.15, 0.2) is 0 Å². The summed E-state index contributed by atoms with van der Waals surface area (Å²) in [6.07, 6.45) is 2.33. The molecule has 0 aliphatic rings. The molecular weight excluding hydrogens is 272 g/mol. The van der Waals surface area contributed by atoms with Gasteiger partial charge >= 0.3 is 5.97 Å². The van der Waals surface area contributed by atoms with E-state index in [0.29, 0.717) is 6.54 Å². The summed E-state index contributed by atoms with van der Waals surface area (Å²) in [4.78, 5) is 12.3. The number of nitrogens with zero attached hydrogens (tertiary/aromatic N) is 3. The number of aromatic nitrogens is 2. The van der Waals surface area contributed by atoms with Crippen LogP contribution < -0.4 is 4.72 Å². The van der Waals surface area contributed by atoms with Crippen molar-refractivity contribution in [1.29, 1.82) is 0 Å². The number of carboxylic acid groups (broad SMARTS) is 1.